The normalized spacial score (nSPS) is 25.2. The van der Waals surface area contributed by atoms with E-state index in [0.29, 0.717) is 18.7 Å². The van der Waals surface area contributed by atoms with Crippen LogP contribution < -0.4 is 4.74 Å². The molecule has 1 N–H and O–H groups in total. The molecule has 2 heterocycles. The number of hydrogen-bond donors (Lipinski definition) is 1. The van der Waals surface area contributed by atoms with E-state index in [1.54, 1.807) is 25.1 Å². The Morgan fingerprint density at radius 3 is 2.65 bits per heavy atom. The van der Waals surface area contributed by atoms with Gasteiger partial charge in [-0.1, -0.05) is 31.2 Å². The van der Waals surface area contributed by atoms with Gasteiger partial charge in [-0.25, -0.2) is 0 Å². The van der Waals surface area contributed by atoms with Gasteiger partial charge in [0.15, 0.2) is 0 Å². The first-order chi connectivity index (χ1) is 16.1. The number of halogens is 2. The molecule has 0 saturated heterocycles. The van der Waals surface area contributed by atoms with Crippen LogP contribution in [0.5, 0.6) is 5.75 Å². The zero-order valence-corrected chi connectivity index (χ0v) is 23.3. The minimum Gasteiger partial charge on any atom is -0.490 e. The number of fused-ring (bicyclic) bond motifs is 2. The van der Waals surface area contributed by atoms with Crippen molar-refractivity contribution in [1.82, 2.24) is 4.90 Å². The van der Waals surface area contributed by atoms with Gasteiger partial charge >= 0.3 is 0 Å². The van der Waals surface area contributed by atoms with Crippen molar-refractivity contribution in [1.29, 1.82) is 0 Å². The number of carbonyl (C=O) groups is 1. The van der Waals surface area contributed by atoms with Crippen molar-refractivity contribution in [2.75, 3.05) is 13.7 Å². The van der Waals surface area contributed by atoms with Crippen LogP contribution in [0.4, 0.5) is 4.11 Å². The number of ether oxygens (including phenoxy) is 2. The quantitative estimate of drug-likeness (QED) is 0.281. The van der Waals surface area contributed by atoms with E-state index in [0.717, 1.165) is 20.3 Å². The van der Waals surface area contributed by atoms with Crippen LogP contribution >= 0.6 is 22.6 Å². The van der Waals surface area contributed by atoms with E-state index in [4.69, 9.17) is 9.47 Å². The van der Waals surface area contributed by atoms with Gasteiger partial charge in [-0.3, -0.25) is 4.79 Å². The first-order valence-corrected chi connectivity index (χ1v) is 15.8. The molecule has 1 unspecified atom stereocenters. The van der Waals surface area contributed by atoms with E-state index in [1.165, 1.54) is 0 Å². The van der Waals surface area contributed by atoms with Crippen LogP contribution in [0.15, 0.2) is 42.5 Å². The molecular formula is C26H33FINO4Si. The topological polar surface area (TPSA) is 59.0 Å². The Kier molecular flexibility index (Phi) is 7.71. The van der Waals surface area contributed by atoms with E-state index < -0.39 is 20.1 Å². The fraction of sp³-hybridized carbons (Fsp3) is 0.500. The number of nitrogens with zero attached hydrogens (tertiary/aromatic N) is 1. The summed E-state index contributed by atoms with van der Waals surface area (Å²) in [5, 5.41) is 10.0. The van der Waals surface area contributed by atoms with Crippen LogP contribution in [-0.4, -0.2) is 50.2 Å². The molecule has 5 nitrogen and oxygen atoms in total. The number of hydrogen-bond acceptors (Lipinski definition) is 4. The molecule has 0 aliphatic carbocycles. The third kappa shape index (κ3) is 5.05. The van der Waals surface area contributed by atoms with E-state index >= 15 is 4.11 Å². The van der Waals surface area contributed by atoms with Gasteiger partial charge in [0.25, 0.3) is 0 Å². The highest BCUT2D eigenvalue weighted by Crippen LogP contribution is 2.47. The Morgan fingerprint density at radius 1 is 1.29 bits per heavy atom. The van der Waals surface area contributed by atoms with Crippen molar-refractivity contribution in [3.63, 3.8) is 0 Å². The molecule has 0 bridgehead atoms. The third-order valence-corrected chi connectivity index (χ3v) is 10.3. The second-order valence-electron chi connectivity index (χ2n) is 9.99. The Hall–Kier alpha value is -1.49. The summed E-state index contributed by atoms with van der Waals surface area (Å²) in [5.41, 5.74) is 2.66. The van der Waals surface area contributed by atoms with Crippen molar-refractivity contribution in [3.05, 3.63) is 62.7 Å². The lowest BCUT2D eigenvalue weighted by molar-refractivity contribution is -0.136. The highest BCUT2D eigenvalue weighted by Gasteiger charge is 2.49. The summed E-state index contributed by atoms with van der Waals surface area (Å²) in [7, 11) is -1.64. The lowest BCUT2D eigenvalue weighted by atomic mass is 9.86. The number of carbonyl (C=O) groups excluding carboxylic acids is 1. The van der Waals surface area contributed by atoms with Gasteiger partial charge in [-0.2, -0.15) is 0 Å². The minimum absolute atomic E-state index is 0.0551. The van der Waals surface area contributed by atoms with Crippen molar-refractivity contribution < 1.29 is 23.5 Å². The predicted molar refractivity (Wildman–Crippen MR) is 141 cm³/mol. The van der Waals surface area contributed by atoms with Crippen molar-refractivity contribution in [2.45, 2.75) is 63.2 Å². The summed E-state index contributed by atoms with van der Waals surface area (Å²) < 4.78 is 29.2. The molecule has 2 aliphatic rings. The van der Waals surface area contributed by atoms with Gasteiger partial charge < -0.3 is 23.6 Å². The van der Waals surface area contributed by atoms with E-state index in [2.05, 4.69) is 22.6 Å². The fourth-order valence-corrected chi connectivity index (χ4v) is 7.77. The van der Waals surface area contributed by atoms with E-state index in [1.807, 2.05) is 49.4 Å². The van der Waals surface area contributed by atoms with Crippen molar-refractivity contribution in [2.24, 2.45) is 5.92 Å². The summed E-state index contributed by atoms with van der Waals surface area (Å²) in [6.45, 7) is 5.65. The predicted octanol–water partition coefficient (Wildman–Crippen LogP) is 5.26. The summed E-state index contributed by atoms with van der Waals surface area (Å²) in [4.78, 5) is 15.3. The highest BCUT2D eigenvalue weighted by molar-refractivity contribution is 14.1. The second-order valence-corrected chi connectivity index (χ2v) is 15.1. The summed E-state index contributed by atoms with van der Waals surface area (Å²) in [6, 6.07) is 13.6. The van der Waals surface area contributed by atoms with E-state index in [-0.39, 0.29) is 37.0 Å². The molecule has 1 amide bonds. The van der Waals surface area contributed by atoms with Gasteiger partial charge in [0.2, 0.25) is 14.3 Å². The fourth-order valence-electron chi connectivity index (χ4n) is 5.45. The zero-order valence-electron chi connectivity index (χ0n) is 20.1. The molecule has 8 heteroatoms. The van der Waals surface area contributed by atoms with Crippen LogP contribution in [0.1, 0.15) is 36.1 Å². The average molecular weight is 598 g/mol. The molecule has 0 aromatic heterocycles. The molecule has 5 atom stereocenters. The maximum atomic E-state index is 15.8. The smallest absolute Gasteiger partial charge is 0.248 e. The molecule has 0 radical (unpaired) electrons. The second kappa shape index (κ2) is 10.2. The van der Waals surface area contributed by atoms with Crippen molar-refractivity contribution in [3.8, 4) is 5.75 Å². The summed E-state index contributed by atoms with van der Waals surface area (Å²) in [5.74, 6) is 0.452. The van der Waals surface area contributed by atoms with Gasteiger partial charge in [-0.15, -0.1) is 0 Å². The molecule has 34 heavy (non-hydrogen) atoms. The number of amides is 1. The Balaban J connectivity index is 1.62. The van der Waals surface area contributed by atoms with Gasteiger partial charge in [0, 0.05) is 40.7 Å². The average Bonchev–Trinajstić information content (AvgIpc) is 2.80. The minimum atomic E-state index is -3.31. The monoisotopic (exact) mass is 597 g/mol. The third-order valence-electron chi connectivity index (χ3n) is 7.35. The molecule has 2 aromatic carbocycles. The number of aliphatic hydroxyl groups excluding tert-OH is 1. The Labute approximate surface area is 216 Å². The Bertz CT molecular complexity index is 1050. The summed E-state index contributed by atoms with van der Waals surface area (Å²) >= 11 is 2.26. The molecule has 184 valence electrons. The standard InChI is InChI=1S/C26H33FINO4Si/c1-16-25(32-2)21-12-19(28)9-10-22(21)33-26(16)23(34(3,4)27)13-24(31)29-14-18-8-6-5-7-17(18)11-20(29)15-30/h5-10,12,16,20,23,25-26,30H,11,13-15H2,1-4H3/t16-,20+,23?,25-,26-/m1/s1. The molecule has 0 spiro atoms. The van der Waals surface area contributed by atoms with Gasteiger partial charge in [0.05, 0.1) is 18.8 Å². The van der Waals surface area contributed by atoms with Crippen LogP contribution in [0.3, 0.4) is 0 Å². The van der Waals surface area contributed by atoms with E-state index in [9.17, 15) is 9.90 Å². The largest absolute Gasteiger partial charge is 0.490 e. The maximum absolute atomic E-state index is 15.8. The lowest BCUT2D eigenvalue weighted by Gasteiger charge is -2.44. The summed E-state index contributed by atoms with van der Waals surface area (Å²) in [6.07, 6.45) is -0.0464. The maximum Gasteiger partial charge on any atom is 0.248 e. The molecule has 0 saturated carbocycles. The molecular weight excluding hydrogens is 564 g/mol. The molecule has 4 rings (SSSR count). The number of benzene rings is 2. The zero-order chi connectivity index (χ0) is 24.6. The number of methoxy groups -OCH3 is 1. The van der Waals surface area contributed by atoms with Crippen LogP contribution in [-0.2, 0) is 22.5 Å². The highest BCUT2D eigenvalue weighted by atomic mass is 127. The molecule has 2 aromatic rings. The lowest BCUT2D eigenvalue weighted by Crippen LogP contribution is -2.50. The molecule has 0 fully saturated rings. The molecule has 2 aliphatic heterocycles. The van der Waals surface area contributed by atoms with Crippen LogP contribution in [0.2, 0.25) is 18.6 Å². The number of rotatable bonds is 6. The van der Waals surface area contributed by atoms with Gasteiger partial charge in [0.1, 0.15) is 11.9 Å². The van der Waals surface area contributed by atoms with Crippen molar-refractivity contribution >= 4 is 36.9 Å². The first kappa shape index (κ1) is 25.6. The SMILES string of the molecule is CO[C@H]1c2cc(I)ccc2O[C@@H](C(CC(=O)N2Cc3ccccc3C[C@H]2CO)[Si](C)(C)F)[C@@H]1C. The van der Waals surface area contributed by atoms with Gasteiger partial charge in [-0.05, 0) is 71.4 Å². The number of aliphatic hydroxyl groups is 1. The van der Waals surface area contributed by atoms with Crippen LogP contribution in [0.25, 0.3) is 0 Å². The Morgan fingerprint density at radius 2 is 2.00 bits per heavy atom. The van der Waals surface area contributed by atoms with Crippen LogP contribution in [0, 0.1) is 9.49 Å². The first-order valence-electron chi connectivity index (χ1n) is 11.8.